The maximum atomic E-state index is 11.7. The van der Waals surface area contributed by atoms with Crippen LogP contribution >= 0.6 is 23.1 Å². The first kappa shape index (κ1) is 18.8. The maximum absolute atomic E-state index is 11.7. The van der Waals surface area contributed by atoms with Gasteiger partial charge in [-0.3, -0.25) is 4.79 Å². The van der Waals surface area contributed by atoms with Crippen molar-refractivity contribution in [2.45, 2.75) is 31.2 Å². The Bertz CT molecular complexity index is 558. The average molecular weight is 374 g/mol. The van der Waals surface area contributed by atoms with Crippen LogP contribution in [0.1, 0.15) is 20.8 Å². The summed E-state index contributed by atoms with van der Waals surface area (Å²) in [7, 11) is 0. The Balaban J connectivity index is 1.79. The summed E-state index contributed by atoms with van der Waals surface area (Å²) in [5.41, 5.74) is 0. The predicted molar refractivity (Wildman–Crippen MR) is 94.7 cm³/mol. The Kier molecular flexibility index (Phi) is 7.10. The highest BCUT2D eigenvalue weighted by Crippen LogP contribution is 2.28. The number of piperazine rings is 1. The molecule has 1 aromatic rings. The number of amides is 2. The zero-order valence-electron chi connectivity index (χ0n) is 14.2. The lowest BCUT2D eigenvalue weighted by Gasteiger charge is -2.33. The minimum Gasteiger partial charge on any atom is -0.450 e. The highest BCUT2D eigenvalue weighted by molar-refractivity contribution is 8.01. The van der Waals surface area contributed by atoms with Gasteiger partial charge >= 0.3 is 6.09 Å². The third-order valence-corrected chi connectivity index (χ3v) is 5.37. The van der Waals surface area contributed by atoms with Crippen molar-refractivity contribution in [1.82, 2.24) is 20.4 Å². The third kappa shape index (κ3) is 5.52. The van der Waals surface area contributed by atoms with Crippen molar-refractivity contribution < 1.29 is 14.3 Å². The van der Waals surface area contributed by atoms with Gasteiger partial charge in [0.25, 0.3) is 0 Å². The molecule has 0 radical (unpaired) electrons. The van der Waals surface area contributed by atoms with Gasteiger partial charge in [0.1, 0.15) is 0 Å². The molecule has 2 rings (SSSR count). The number of hydrogen-bond acceptors (Lipinski definition) is 8. The van der Waals surface area contributed by atoms with E-state index in [1.54, 1.807) is 11.8 Å². The van der Waals surface area contributed by atoms with Crippen LogP contribution in [0.15, 0.2) is 4.34 Å². The van der Waals surface area contributed by atoms with E-state index >= 15 is 0 Å². The number of thioether (sulfide) groups is 1. The minimum atomic E-state index is -0.262. The molecule has 1 N–H and O–H groups in total. The topological polar surface area (TPSA) is 87.7 Å². The molecule has 2 heterocycles. The second-order valence-corrected chi connectivity index (χ2v) is 7.71. The first-order valence-corrected chi connectivity index (χ1v) is 9.72. The van der Waals surface area contributed by atoms with Crippen LogP contribution in [-0.4, -0.2) is 71.7 Å². The van der Waals surface area contributed by atoms with Gasteiger partial charge in [0.15, 0.2) is 4.34 Å². The molecule has 24 heavy (non-hydrogen) atoms. The van der Waals surface area contributed by atoms with Gasteiger partial charge in [-0.25, -0.2) is 4.79 Å². The van der Waals surface area contributed by atoms with Crippen molar-refractivity contribution in [3.63, 3.8) is 0 Å². The van der Waals surface area contributed by atoms with Crippen molar-refractivity contribution in [3.05, 3.63) is 0 Å². The Morgan fingerprint density at radius 2 is 2.00 bits per heavy atom. The molecule has 1 aliphatic heterocycles. The molecule has 10 heteroatoms. The zero-order chi connectivity index (χ0) is 17.5. The van der Waals surface area contributed by atoms with E-state index < -0.39 is 0 Å². The second kappa shape index (κ2) is 9.07. The van der Waals surface area contributed by atoms with Crippen molar-refractivity contribution in [2.24, 2.45) is 0 Å². The quantitative estimate of drug-likeness (QED) is 0.755. The summed E-state index contributed by atoms with van der Waals surface area (Å²) in [5.74, 6) is 0.332. The molecular weight excluding hydrogens is 350 g/mol. The molecule has 1 aliphatic rings. The molecule has 0 saturated carbocycles. The van der Waals surface area contributed by atoms with Crippen LogP contribution in [-0.2, 0) is 9.53 Å². The van der Waals surface area contributed by atoms with Crippen molar-refractivity contribution in [1.29, 1.82) is 0 Å². The minimum absolute atomic E-state index is 0.00481. The van der Waals surface area contributed by atoms with Crippen LogP contribution in [0.2, 0.25) is 0 Å². The van der Waals surface area contributed by atoms with Gasteiger partial charge in [0.2, 0.25) is 11.0 Å². The molecule has 0 bridgehead atoms. The number of nitrogens with one attached hydrogen (secondary N) is 1. The first-order valence-electron chi connectivity index (χ1n) is 7.92. The van der Waals surface area contributed by atoms with Crippen LogP contribution in [0.4, 0.5) is 9.93 Å². The Morgan fingerprint density at radius 3 is 2.62 bits per heavy atom. The predicted octanol–water partition coefficient (Wildman–Crippen LogP) is 1.43. The summed E-state index contributed by atoms with van der Waals surface area (Å²) in [5, 5.41) is 12.0. The lowest BCUT2D eigenvalue weighted by Crippen LogP contribution is -2.49. The monoisotopic (exact) mass is 373 g/mol. The number of rotatable bonds is 6. The molecule has 8 nitrogen and oxygen atoms in total. The smallest absolute Gasteiger partial charge is 0.409 e. The Labute approximate surface area is 149 Å². The summed E-state index contributed by atoms with van der Waals surface area (Å²) >= 11 is 2.86. The van der Waals surface area contributed by atoms with E-state index in [1.165, 1.54) is 23.1 Å². The summed E-state index contributed by atoms with van der Waals surface area (Å²) in [4.78, 5) is 27.1. The van der Waals surface area contributed by atoms with Crippen LogP contribution in [0, 0.1) is 0 Å². The summed E-state index contributed by atoms with van der Waals surface area (Å²) < 4.78 is 5.78. The lowest BCUT2D eigenvalue weighted by molar-refractivity contribution is -0.119. The van der Waals surface area contributed by atoms with Crippen LogP contribution < -0.4 is 10.2 Å². The third-order valence-electron chi connectivity index (χ3n) is 3.25. The van der Waals surface area contributed by atoms with Gasteiger partial charge in [-0.05, 0) is 20.8 Å². The molecule has 1 aromatic heterocycles. The van der Waals surface area contributed by atoms with Gasteiger partial charge in [-0.2, -0.15) is 0 Å². The van der Waals surface area contributed by atoms with E-state index in [0.29, 0.717) is 38.5 Å². The number of nitrogens with zero attached hydrogens (tertiary/aromatic N) is 4. The summed E-state index contributed by atoms with van der Waals surface area (Å²) in [6, 6.07) is 0.138. The second-order valence-electron chi connectivity index (χ2n) is 5.53. The van der Waals surface area contributed by atoms with E-state index in [1.807, 2.05) is 13.8 Å². The average Bonchev–Trinajstić information content (AvgIpc) is 3.02. The van der Waals surface area contributed by atoms with Crippen molar-refractivity contribution >= 4 is 40.2 Å². The summed E-state index contributed by atoms with van der Waals surface area (Å²) in [6.07, 6.45) is -0.262. The van der Waals surface area contributed by atoms with Gasteiger partial charge in [-0.1, -0.05) is 23.1 Å². The molecule has 134 valence electrons. The highest BCUT2D eigenvalue weighted by Gasteiger charge is 2.24. The molecule has 0 spiro atoms. The molecule has 0 aliphatic carbocycles. The molecule has 2 amide bonds. The molecule has 1 saturated heterocycles. The molecule has 0 unspecified atom stereocenters. The zero-order valence-corrected chi connectivity index (χ0v) is 15.8. The Morgan fingerprint density at radius 1 is 1.29 bits per heavy atom. The number of aromatic nitrogens is 2. The fraction of sp³-hybridized carbons (Fsp3) is 0.714. The number of carbonyl (C=O) groups excluding carboxylic acids is 2. The fourth-order valence-corrected chi connectivity index (χ4v) is 3.88. The van der Waals surface area contributed by atoms with Crippen LogP contribution in [0.5, 0.6) is 0 Å². The van der Waals surface area contributed by atoms with Crippen molar-refractivity contribution in [2.75, 3.05) is 43.4 Å². The van der Waals surface area contributed by atoms with E-state index in [2.05, 4.69) is 20.4 Å². The van der Waals surface area contributed by atoms with E-state index in [4.69, 9.17) is 4.74 Å². The molecule has 0 aromatic carbocycles. The number of carbonyl (C=O) groups is 2. The number of anilines is 1. The van der Waals surface area contributed by atoms with E-state index in [-0.39, 0.29) is 18.0 Å². The number of ether oxygens (including phenoxy) is 1. The normalized spacial score (nSPS) is 14.8. The SMILES string of the molecule is CCOC(=O)N1CCN(c2nnc(SCC(=O)NC(C)C)s2)CC1. The molecular formula is C14H23N5O3S2. The van der Waals surface area contributed by atoms with Crippen LogP contribution in [0.25, 0.3) is 0 Å². The number of hydrogen-bond donors (Lipinski definition) is 1. The molecule has 1 fully saturated rings. The largest absolute Gasteiger partial charge is 0.450 e. The summed E-state index contributed by atoms with van der Waals surface area (Å²) in [6.45, 7) is 8.67. The lowest BCUT2D eigenvalue weighted by atomic mass is 10.3. The van der Waals surface area contributed by atoms with E-state index in [0.717, 1.165) is 9.47 Å². The van der Waals surface area contributed by atoms with Gasteiger partial charge in [0, 0.05) is 32.2 Å². The van der Waals surface area contributed by atoms with Crippen molar-refractivity contribution in [3.8, 4) is 0 Å². The standard InChI is InChI=1S/C14H23N5O3S2/c1-4-22-14(21)19-7-5-18(6-8-19)12-16-17-13(24-12)23-9-11(20)15-10(2)3/h10H,4-9H2,1-3H3,(H,15,20). The highest BCUT2D eigenvalue weighted by atomic mass is 32.2. The van der Waals surface area contributed by atoms with Crippen LogP contribution in [0.3, 0.4) is 0 Å². The first-order chi connectivity index (χ1) is 11.5. The fourth-order valence-electron chi connectivity index (χ4n) is 2.17. The van der Waals surface area contributed by atoms with Gasteiger partial charge in [-0.15, -0.1) is 10.2 Å². The van der Waals surface area contributed by atoms with Gasteiger partial charge < -0.3 is 19.9 Å². The molecule has 0 atom stereocenters. The van der Waals surface area contributed by atoms with E-state index in [9.17, 15) is 9.59 Å². The van der Waals surface area contributed by atoms with Gasteiger partial charge in [0.05, 0.1) is 12.4 Å². The Hall–Kier alpha value is -1.55. The maximum Gasteiger partial charge on any atom is 0.409 e.